The van der Waals surface area contributed by atoms with Gasteiger partial charge >= 0.3 is 16.4 Å². The molecule has 0 saturated carbocycles. The Labute approximate surface area is 124 Å². The molecule has 11 heteroatoms. The van der Waals surface area contributed by atoms with Crippen LogP contribution in [0.4, 0.5) is 4.79 Å². The van der Waals surface area contributed by atoms with Gasteiger partial charge in [0.2, 0.25) is 0 Å². The molecule has 0 aliphatic carbocycles. The zero-order chi connectivity index (χ0) is 15.2. The third-order valence-corrected chi connectivity index (χ3v) is 4.47. The number of nitrogens with zero attached hydrogens (tertiary/aromatic N) is 3. The first-order valence-electron chi connectivity index (χ1n) is 5.99. The summed E-state index contributed by atoms with van der Waals surface area (Å²) in [5.41, 5.74) is 6.48. The number of hydrogen-bond donors (Lipinski definition) is 2. The van der Waals surface area contributed by atoms with Crippen LogP contribution in [0.15, 0.2) is 17.7 Å². The molecule has 0 spiro atoms. The molecule has 21 heavy (non-hydrogen) atoms. The number of hydrogen-bond acceptors (Lipinski definition) is 7. The van der Waals surface area contributed by atoms with E-state index in [9.17, 15) is 13.2 Å². The fourth-order valence-electron chi connectivity index (χ4n) is 2.51. The molecular weight excluding hydrogens is 320 g/mol. The van der Waals surface area contributed by atoms with E-state index in [1.54, 1.807) is 17.7 Å². The van der Waals surface area contributed by atoms with Gasteiger partial charge in [-0.3, -0.25) is 4.55 Å². The Kier molecular flexibility index (Phi) is 3.45. The number of rotatable bonds is 4. The van der Waals surface area contributed by atoms with E-state index in [0.29, 0.717) is 10.1 Å². The van der Waals surface area contributed by atoms with Crippen LogP contribution in [-0.2, 0) is 14.7 Å². The van der Waals surface area contributed by atoms with Gasteiger partial charge in [-0.1, -0.05) is 0 Å². The average Bonchev–Trinajstić information content (AvgIpc) is 3.01. The predicted molar refractivity (Wildman–Crippen MR) is 73.3 cm³/mol. The van der Waals surface area contributed by atoms with Crippen molar-refractivity contribution < 1.29 is 22.0 Å². The maximum absolute atomic E-state index is 12.2. The van der Waals surface area contributed by atoms with Gasteiger partial charge in [0, 0.05) is 30.2 Å². The third-order valence-electron chi connectivity index (χ3n) is 3.30. The van der Waals surface area contributed by atoms with Gasteiger partial charge in [0.05, 0.1) is 12.1 Å². The molecule has 114 valence electrons. The maximum atomic E-state index is 12.2. The predicted octanol–water partition coefficient (Wildman–Crippen LogP) is -0.292. The molecule has 0 aromatic carbocycles. The van der Waals surface area contributed by atoms with Crippen LogP contribution in [0.1, 0.15) is 5.01 Å². The highest BCUT2D eigenvalue weighted by Gasteiger charge is 2.47. The Balaban J connectivity index is 1.98. The quantitative estimate of drug-likeness (QED) is 0.725. The summed E-state index contributed by atoms with van der Waals surface area (Å²) in [6.07, 6.45) is 3.33. The summed E-state index contributed by atoms with van der Waals surface area (Å²) < 4.78 is 34.8. The highest BCUT2D eigenvalue weighted by atomic mass is 32.3. The molecule has 2 atom stereocenters. The number of nitrogens with two attached hydrogens (primary N) is 1. The van der Waals surface area contributed by atoms with E-state index in [0.717, 1.165) is 5.57 Å². The van der Waals surface area contributed by atoms with Crippen molar-refractivity contribution in [2.75, 3.05) is 13.1 Å². The topological polar surface area (TPSA) is 126 Å². The van der Waals surface area contributed by atoms with Crippen LogP contribution in [0.2, 0.25) is 0 Å². The van der Waals surface area contributed by atoms with E-state index in [4.69, 9.17) is 10.3 Å². The number of urea groups is 1. The van der Waals surface area contributed by atoms with Crippen molar-refractivity contribution in [1.82, 2.24) is 14.9 Å². The van der Waals surface area contributed by atoms with Gasteiger partial charge in [0.25, 0.3) is 0 Å². The number of carbonyl (C=O) groups is 1. The molecule has 0 unspecified atom stereocenters. The van der Waals surface area contributed by atoms with Crippen LogP contribution in [-0.4, -0.2) is 59.1 Å². The molecule has 2 aliphatic heterocycles. The summed E-state index contributed by atoms with van der Waals surface area (Å²) in [5, 5.41) is 3.14. The minimum Gasteiger partial charge on any atom is -0.328 e. The van der Waals surface area contributed by atoms with Crippen molar-refractivity contribution in [2.24, 2.45) is 5.73 Å². The minimum absolute atomic E-state index is 0.170. The van der Waals surface area contributed by atoms with Gasteiger partial charge in [-0.2, -0.15) is 13.5 Å². The highest BCUT2D eigenvalue weighted by Crippen LogP contribution is 2.35. The largest absolute Gasteiger partial charge is 0.418 e. The third kappa shape index (κ3) is 2.53. The molecule has 2 bridgehead atoms. The first-order valence-corrected chi connectivity index (χ1v) is 8.23. The Hall–Kier alpha value is -1.53. The Morgan fingerprint density at radius 2 is 2.33 bits per heavy atom. The van der Waals surface area contributed by atoms with Crippen LogP contribution in [0.3, 0.4) is 0 Å². The first-order chi connectivity index (χ1) is 9.90. The average molecular weight is 332 g/mol. The van der Waals surface area contributed by atoms with Crippen LogP contribution in [0, 0.1) is 0 Å². The Morgan fingerprint density at radius 3 is 2.90 bits per heavy atom. The minimum atomic E-state index is -4.77. The summed E-state index contributed by atoms with van der Waals surface area (Å²) in [6.45, 7) is 0.411. The lowest BCUT2D eigenvalue weighted by Gasteiger charge is -2.29. The van der Waals surface area contributed by atoms with E-state index < -0.39 is 28.5 Å². The molecule has 3 N–H and O–H groups in total. The lowest BCUT2D eigenvalue weighted by atomic mass is 10.00. The second-order valence-electron chi connectivity index (χ2n) is 4.54. The molecule has 3 heterocycles. The fourth-order valence-corrected chi connectivity index (χ4v) is 3.60. The van der Waals surface area contributed by atoms with Crippen molar-refractivity contribution in [3.63, 3.8) is 0 Å². The maximum Gasteiger partial charge on any atom is 0.418 e. The van der Waals surface area contributed by atoms with Crippen LogP contribution in [0.5, 0.6) is 0 Å². The number of fused-ring (bicyclic) bond motifs is 2. The van der Waals surface area contributed by atoms with Crippen LogP contribution < -0.4 is 5.73 Å². The van der Waals surface area contributed by atoms with Crippen LogP contribution >= 0.6 is 11.3 Å². The molecule has 0 radical (unpaired) electrons. The molecular formula is C10H12N4O5S2. The molecule has 1 aromatic heterocycles. The Morgan fingerprint density at radius 1 is 1.57 bits per heavy atom. The lowest BCUT2D eigenvalue weighted by Crippen LogP contribution is -2.44. The molecule has 3 rings (SSSR count). The smallest absolute Gasteiger partial charge is 0.328 e. The fraction of sp³-hybridized carbons (Fsp3) is 0.400. The van der Waals surface area contributed by atoms with Crippen molar-refractivity contribution in [3.05, 3.63) is 22.7 Å². The van der Waals surface area contributed by atoms with Gasteiger partial charge in [-0.15, -0.1) is 15.6 Å². The van der Waals surface area contributed by atoms with E-state index in [2.05, 4.69) is 9.27 Å². The molecule has 1 fully saturated rings. The summed E-state index contributed by atoms with van der Waals surface area (Å²) in [6, 6.07) is -1.69. The van der Waals surface area contributed by atoms with E-state index in [1.165, 1.54) is 16.2 Å². The number of aromatic nitrogens is 1. The molecule has 2 amide bonds. The summed E-state index contributed by atoms with van der Waals surface area (Å²) in [5.74, 6) is 0. The summed E-state index contributed by atoms with van der Waals surface area (Å²) in [7, 11) is -4.77. The molecule has 1 saturated heterocycles. The van der Waals surface area contributed by atoms with Gasteiger partial charge in [0.15, 0.2) is 0 Å². The monoisotopic (exact) mass is 332 g/mol. The van der Waals surface area contributed by atoms with E-state index in [-0.39, 0.29) is 13.1 Å². The lowest BCUT2D eigenvalue weighted by molar-refractivity contribution is -0.0185. The second kappa shape index (κ2) is 5.03. The second-order valence-corrected chi connectivity index (χ2v) is 6.44. The number of amides is 2. The van der Waals surface area contributed by atoms with Crippen molar-refractivity contribution >= 4 is 33.3 Å². The highest BCUT2D eigenvalue weighted by molar-refractivity contribution is 7.80. The SMILES string of the molecule is NC[C@@H]1C(c2nccs2)=C[C@@H]2CN1C(=O)N2OS(=O)(=O)O. The summed E-state index contributed by atoms with van der Waals surface area (Å²) >= 11 is 1.40. The zero-order valence-corrected chi connectivity index (χ0v) is 12.2. The zero-order valence-electron chi connectivity index (χ0n) is 10.6. The van der Waals surface area contributed by atoms with Crippen molar-refractivity contribution in [1.29, 1.82) is 0 Å². The van der Waals surface area contributed by atoms with E-state index in [1.807, 2.05) is 0 Å². The standard InChI is InChI=1S/C10H12N4O5S2/c11-4-8-7(9-12-1-2-20-9)3-6-5-13(8)10(15)14(6)19-21(16,17)18/h1-3,6,8H,4-5,11H2,(H,16,17,18)/t6-,8-/m1/s1. The van der Waals surface area contributed by atoms with Gasteiger partial charge < -0.3 is 10.6 Å². The normalized spacial score (nSPS) is 25.4. The van der Waals surface area contributed by atoms with Gasteiger partial charge in [-0.05, 0) is 6.08 Å². The number of carbonyl (C=O) groups excluding carboxylic acids is 1. The molecule has 1 aromatic rings. The first kappa shape index (κ1) is 14.4. The Bertz CT molecular complexity index is 686. The van der Waals surface area contributed by atoms with E-state index >= 15 is 0 Å². The number of hydroxylamine groups is 2. The van der Waals surface area contributed by atoms with Crippen LogP contribution in [0.25, 0.3) is 5.57 Å². The summed E-state index contributed by atoms with van der Waals surface area (Å²) in [4.78, 5) is 17.8. The van der Waals surface area contributed by atoms with Crippen molar-refractivity contribution in [2.45, 2.75) is 12.1 Å². The van der Waals surface area contributed by atoms with Gasteiger partial charge in [-0.25, -0.2) is 9.78 Å². The van der Waals surface area contributed by atoms with Crippen molar-refractivity contribution in [3.8, 4) is 0 Å². The molecule has 2 aliphatic rings. The molecule has 9 nitrogen and oxygen atoms in total. The number of thiazole rings is 1. The van der Waals surface area contributed by atoms with Gasteiger partial charge in [0.1, 0.15) is 5.01 Å².